The van der Waals surface area contributed by atoms with Crippen molar-refractivity contribution in [1.29, 1.82) is 0 Å². The summed E-state index contributed by atoms with van der Waals surface area (Å²) in [6, 6.07) is 5.42. The highest BCUT2D eigenvalue weighted by Crippen LogP contribution is 2.32. The van der Waals surface area contributed by atoms with E-state index in [1.165, 1.54) is 16.7 Å². The average Bonchev–Trinajstić information content (AvgIpc) is 2.97. The number of aromatic hydroxyl groups is 1. The second-order valence-corrected chi connectivity index (χ2v) is 7.69. The minimum Gasteiger partial charge on any atom is -0.493 e. The van der Waals surface area contributed by atoms with Crippen molar-refractivity contribution < 1.29 is 18.3 Å². The highest BCUT2D eigenvalue weighted by molar-refractivity contribution is 5.49. The van der Waals surface area contributed by atoms with Gasteiger partial charge in [-0.2, -0.15) is 13.2 Å². The van der Waals surface area contributed by atoms with Crippen molar-refractivity contribution in [2.24, 2.45) is 0 Å². The smallest absolute Gasteiger partial charge is 0.416 e. The molecule has 29 heavy (non-hydrogen) atoms. The molecule has 2 aliphatic rings. The number of benzene rings is 1. The van der Waals surface area contributed by atoms with E-state index in [9.17, 15) is 23.1 Å². The number of hydrogen-bond acceptors (Lipinski definition) is 4. The number of imidazole rings is 1. The van der Waals surface area contributed by atoms with E-state index >= 15 is 0 Å². The van der Waals surface area contributed by atoms with Gasteiger partial charge in [0.15, 0.2) is 0 Å². The molecule has 0 saturated carbocycles. The molecule has 2 aliphatic heterocycles. The summed E-state index contributed by atoms with van der Waals surface area (Å²) in [5.74, 6) is 0.0808. The topological polar surface area (TPSA) is 53.6 Å². The van der Waals surface area contributed by atoms with Crippen molar-refractivity contribution in [2.45, 2.75) is 38.5 Å². The average molecular weight is 410 g/mol. The first-order chi connectivity index (χ1) is 13.8. The molecule has 158 valence electrons. The van der Waals surface area contributed by atoms with Gasteiger partial charge in [-0.3, -0.25) is 14.0 Å². The number of nitrogens with zero attached hydrogens (tertiary/aromatic N) is 4. The van der Waals surface area contributed by atoms with Gasteiger partial charge in [0.05, 0.1) is 11.3 Å². The molecule has 0 atom stereocenters. The van der Waals surface area contributed by atoms with Gasteiger partial charge < -0.3 is 10.0 Å². The predicted molar refractivity (Wildman–Crippen MR) is 103 cm³/mol. The van der Waals surface area contributed by atoms with Crippen molar-refractivity contribution in [2.75, 3.05) is 37.6 Å². The maximum atomic E-state index is 12.9. The Morgan fingerprint density at radius 1 is 1.00 bits per heavy atom. The Morgan fingerprint density at radius 3 is 2.45 bits per heavy atom. The van der Waals surface area contributed by atoms with Crippen LogP contribution in [0.2, 0.25) is 0 Å². The molecule has 0 amide bonds. The summed E-state index contributed by atoms with van der Waals surface area (Å²) in [5.41, 5.74) is 0.522. The molecule has 4 rings (SSSR count). The van der Waals surface area contributed by atoms with Crippen LogP contribution in [-0.4, -0.2) is 51.9 Å². The largest absolute Gasteiger partial charge is 0.493 e. The molecule has 3 heterocycles. The molecule has 0 aliphatic carbocycles. The van der Waals surface area contributed by atoms with Gasteiger partial charge in [0.1, 0.15) is 0 Å². The van der Waals surface area contributed by atoms with Crippen molar-refractivity contribution in [3.63, 3.8) is 0 Å². The van der Waals surface area contributed by atoms with Crippen LogP contribution in [0.4, 0.5) is 18.9 Å². The first-order valence-electron chi connectivity index (χ1n) is 10.0. The van der Waals surface area contributed by atoms with E-state index < -0.39 is 11.7 Å². The summed E-state index contributed by atoms with van der Waals surface area (Å²) in [6.07, 6.45) is -1.68. The van der Waals surface area contributed by atoms with E-state index in [4.69, 9.17) is 0 Å². The fourth-order valence-electron chi connectivity index (χ4n) is 4.22. The van der Waals surface area contributed by atoms with Gasteiger partial charge in [-0.25, -0.2) is 4.79 Å². The summed E-state index contributed by atoms with van der Waals surface area (Å²) >= 11 is 0. The molecular formula is C20H25F3N4O2. The van der Waals surface area contributed by atoms with Crippen LogP contribution < -0.4 is 10.6 Å². The normalized spacial score (nSPS) is 18.1. The van der Waals surface area contributed by atoms with Crippen LogP contribution in [-0.2, 0) is 25.7 Å². The van der Waals surface area contributed by atoms with E-state index in [1.807, 2.05) is 4.90 Å². The van der Waals surface area contributed by atoms with Crippen molar-refractivity contribution >= 4 is 5.69 Å². The molecule has 0 spiro atoms. The first-order valence-corrected chi connectivity index (χ1v) is 10.0. The number of halogens is 3. The van der Waals surface area contributed by atoms with Gasteiger partial charge in [-0.05, 0) is 37.5 Å². The van der Waals surface area contributed by atoms with Gasteiger partial charge in [-0.15, -0.1) is 0 Å². The lowest BCUT2D eigenvalue weighted by Crippen LogP contribution is -2.47. The second-order valence-electron chi connectivity index (χ2n) is 7.69. The van der Waals surface area contributed by atoms with Crippen LogP contribution in [0.1, 0.15) is 24.1 Å². The molecule has 2 aromatic rings. The number of alkyl halides is 3. The van der Waals surface area contributed by atoms with Gasteiger partial charge >= 0.3 is 11.9 Å². The Kier molecular flexibility index (Phi) is 5.33. The molecule has 0 unspecified atom stereocenters. The van der Waals surface area contributed by atoms with Crippen molar-refractivity contribution in [3.8, 4) is 5.88 Å². The number of hydrogen-bond donors (Lipinski definition) is 1. The molecular weight excluding hydrogens is 385 g/mol. The number of aromatic nitrogens is 2. The number of piperazine rings is 1. The van der Waals surface area contributed by atoms with Gasteiger partial charge in [-0.1, -0.05) is 6.07 Å². The Labute approximate surface area is 166 Å². The van der Waals surface area contributed by atoms with E-state index in [0.29, 0.717) is 51.5 Å². The lowest BCUT2D eigenvalue weighted by atomic mass is 10.1. The van der Waals surface area contributed by atoms with Crippen LogP contribution >= 0.6 is 0 Å². The standard InChI is InChI=1S/C20H25F3N4O2/c21-20(22,23)15-4-3-5-16(14-15)25-11-8-24(9-12-25)10-13-27-18(28)17-6-1-2-7-26(17)19(27)29/h3-5,14,28H,1-2,6-13H2. The van der Waals surface area contributed by atoms with Gasteiger partial charge in [0, 0.05) is 51.5 Å². The Bertz CT molecular complexity index is 927. The molecule has 0 bridgehead atoms. The van der Waals surface area contributed by atoms with Gasteiger partial charge in [0.25, 0.3) is 0 Å². The zero-order valence-electron chi connectivity index (χ0n) is 16.2. The molecule has 0 radical (unpaired) electrons. The molecule has 9 heteroatoms. The molecule has 6 nitrogen and oxygen atoms in total. The summed E-state index contributed by atoms with van der Waals surface area (Å²) in [5, 5.41) is 10.4. The third kappa shape index (κ3) is 4.01. The highest BCUT2D eigenvalue weighted by Gasteiger charge is 2.31. The van der Waals surface area contributed by atoms with Crippen LogP contribution in [0.5, 0.6) is 5.88 Å². The maximum Gasteiger partial charge on any atom is 0.416 e. The summed E-state index contributed by atoms with van der Waals surface area (Å²) in [7, 11) is 0. The van der Waals surface area contributed by atoms with E-state index in [0.717, 1.165) is 31.0 Å². The van der Waals surface area contributed by atoms with Crippen LogP contribution in [0, 0.1) is 0 Å². The third-order valence-electron chi connectivity index (χ3n) is 5.90. The van der Waals surface area contributed by atoms with E-state index in [2.05, 4.69) is 4.90 Å². The zero-order chi connectivity index (χ0) is 20.6. The maximum absolute atomic E-state index is 12.9. The van der Waals surface area contributed by atoms with Gasteiger partial charge in [0.2, 0.25) is 5.88 Å². The lowest BCUT2D eigenvalue weighted by molar-refractivity contribution is -0.137. The number of rotatable bonds is 4. The highest BCUT2D eigenvalue weighted by atomic mass is 19.4. The SMILES string of the molecule is O=c1n(CCN2CCN(c3cccc(C(F)(F)F)c3)CC2)c(O)c2n1CCCC2. The van der Waals surface area contributed by atoms with Crippen LogP contribution in [0.3, 0.4) is 0 Å². The minimum atomic E-state index is -4.34. The Balaban J connectivity index is 1.36. The summed E-state index contributed by atoms with van der Waals surface area (Å²) in [6.45, 7) is 4.31. The third-order valence-corrected chi connectivity index (χ3v) is 5.90. The van der Waals surface area contributed by atoms with E-state index in [-0.39, 0.29) is 11.6 Å². The predicted octanol–water partition coefficient (Wildman–Crippen LogP) is 2.53. The Hall–Kier alpha value is -2.42. The zero-order valence-corrected chi connectivity index (χ0v) is 16.2. The summed E-state index contributed by atoms with van der Waals surface area (Å²) < 4.78 is 41.9. The van der Waals surface area contributed by atoms with Crippen LogP contribution in [0.15, 0.2) is 29.1 Å². The van der Waals surface area contributed by atoms with Crippen molar-refractivity contribution in [3.05, 3.63) is 46.0 Å². The molecule has 1 N–H and O–H groups in total. The first kappa shape index (κ1) is 19.9. The molecule has 1 aromatic heterocycles. The summed E-state index contributed by atoms with van der Waals surface area (Å²) in [4.78, 5) is 16.6. The second kappa shape index (κ2) is 7.78. The molecule has 1 aromatic carbocycles. The quantitative estimate of drug-likeness (QED) is 0.842. The molecule has 1 fully saturated rings. The Morgan fingerprint density at radius 2 is 1.76 bits per heavy atom. The fraction of sp³-hybridized carbons (Fsp3) is 0.550. The lowest BCUT2D eigenvalue weighted by Gasteiger charge is -2.36. The minimum absolute atomic E-state index is 0.0808. The van der Waals surface area contributed by atoms with Crippen molar-refractivity contribution in [1.82, 2.24) is 14.0 Å². The number of anilines is 1. The fourth-order valence-corrected chi connectivity index (χ4v) is 4.22. The number of fused-ring (bicyclic) bond motifs is 1. The molecule has 1 saturated heterocycles. The van der Waals surface area contributed by atoms with E-state index in [1.54, 1.807) is 10.6 Å². The monoisotopic (exact) mass is 410 g/mol. The van der Waals surface area contributed by atoms with Crippen LogP contribution in [0.25, 0.3) is 0 Å².